The van der Waals surface area contributed by atoms with E-state index in [4.69, 9.17) is 0 Å². The van der Waals surface area contributed by atoms with E-state index in [1.165, 1.54) is 26.5 Å². The molecule has 0 unspecified atom stereocenters. The Hall–Kier alpha value is -1.40. The highest BCUT2D eigenvalue weighted by molar-refractivity contribution is 7.87. The topological polar surface area (TPSA) is 55.2 Å². The minimum atomic E-state index is -3.53. The summed E-state index contributed by atoms with van der Waals surface area (Å²) in [5.74, 6) is 0. The predicted molar refractivity (Wildman–Crippen MR) is 64.2 cm³/mol. The van der Waals surface area contributed by atoms with Crippen LogP contribution >= 0.6 is 0 Å². The fourth-order valence-corrected chi connectivity index (χ4v) is 2.21. The lowest BCUT2D eigenvalue weighted by atomic mass is 10.2. The molecule has 5 nitrogen and oxygen atoms in total. The molecule has 0 aliphatic heterocycles. The van der Waals surface area contributed by atoms with Crippen molar-refractivity contribution >= 4 is 16.3 Å². The van der Waals surface area contributed by atoms with E-state index in [0.29, 0.717) is 17.8 Å². The van der Waals surface area contributed by atoms with Gasteiger partial charge in [-0.3, -0.25) is 0 Å². The zero-order chi connectivity index (χ0) is 12.3. The van der Waals surface area contributed by atoms with Gasteiger partial charge < -0.3 is 0 Å². The maximum atomic E-state index is 11.9. The van der Waals surface area contributed by atoms with E-state index in [0.717, 1.165) is 8.28 Å². The van der Waals surface area contributed by atoms with Crippen molar-refractivity contribution in [1.29, 1.82) is 0 Å². The Labute approximate surface area is 95.9 Å². The summed E-state index contributed by atoms with van der Waals surface area (Å²) in [6, 6.07) is 0. The van der Waals surface area contributed by atoms with Gasteiger partial charge in [0.25, 0.3) is 0 Å². The summed E-state index contributed by atoms with van der Waals surface area (Å²) >= 11 is 0. The summed E-state index contributed by atoms with van der Waals surface area (Å²) in [7, 11) is -0.581. The summed E-state index contributed by atoms with van der Waals surface area (Å²) in [5.41, 5.74) is 1.13. The van der Waals surface area contributed by atoms with Crippen molar-refractivity contribution in [2.75, 3.05) is 14.1 Å². The molecule has 1 heterocycles. The molecule has 0 spiro atoms. The second-order valence-electron chi connectivity index (χ2n) is 3.36. The lowest BCUT2D eigenvalue weighted by Crippen LogP contribution is -2.29. The maximum Gasteiger partial charge on any atom is 0.308 e. The average molecular weight is 241 g/mol. The molecule has 0 fully saturated rings. The normalized spacial score (nSPS) is 11.7. The molecule has 6 heteroatoms. The second kappa shape index (κ2) is 4.63. The van der Waals surface area contributed by atoms with Crippen molar-refractivity contribution in [2.45, 2.75) is 6.42 Å². The monoisotopic (exact) mass is 241 g/mol. The van der Waals surface area contributed by atoms with E-state index in [-0.39, 0.29) is 0 Å². The van der Waals surface area contributed by atoms with Crippen LogP contribution in [0.15, 0.2) is 25.6 Å². The van der Waals surface area contributed by atoms with Crippen molar-refractivity contribution < 1.29 is 8.42 Å². The van der Waals surface area contributed by atoms with Crippen LogP contribution in [0.3, 0.4) is 0 Å². The van der Waals surface area contributed by atoms with Crippen LogP contribution < -0.4 is 0 Å². The van der Waals surface area contributed by atoms with Gasteiger partial charge in [0.1, 0.15) is 6.33 Å². The highest BCUT2D eigenvalue weighted by Gasteiger charge is 2.21. The largest absolute Gasteiger partial charge is 0.308 e. The first-order valence-electron chi connectivity index (χ1n) is 4.67. The molecule has 0 atom stereocenters. The van der Waals surface area contributed by atoms with Gasteiger partial charge in [-0.25, -0.2) is 8.96 Å². The number of hydrogen-bond acceptors (Lipinski definition) is 3. The molecule has 16 heavy (non-hydrogen) atoms. The third-order valence-electron chi connectivity index (χ3n) is 2.10. The molecule has 0 saturated carbocycles. The smallest absolute Gasteiger partial charge is 0.236 e. The fourth-order valence-electron chi connectivity index (χ4n) is 1.25. The van der Waals surface area contributed by atoms with Crippen molar-refractivity contribution in [3.05, 3.63) is 36.9 Å². The number of allylic oxidation sites excluding steroid dienone is 1. The Kier molecular flexibility index (Phi) is 3.66. The van der Waals surface area contributed by atoms with Crippen LogP contribution in [-0.2, 0) is 16.6 Å². The summed E-state index contributed by atoms with van der Waals surface area (Å²) in [5, 5.41) is 0. The van der Waals surface area contributed by atoms with Crippen LogP contribution in [0, 0.1) is 0 Å². The molecule has 0 aliphatic carbocycles. The average Bonchev–Trinajstić information content (AvgIpc) is 2.61. The molecule has 1 aromatic rings. The maximum absolute atomic E-state index is 11.9. The van der Waals surface area contributed by atoms with Gasteiger partial charge in [0, 0.05) is 20.5 Å². The molecule has 0 amide bonds. The standard InChI is InChI=1S/C10H15N3O2S/c1-5-7-10-9(6-2)11-8-13(10)16(14,15)12(3)4/h5-6,8H,1-2,7H2,3-4H3. The first-order valence-corrected chi connectivity index (χ1v) is 6.07. The summed E-state index contributed by atoms with van der Waals surface area (Å²) < 4.78 is 26.2. The lowest BCUT2D eigenvalue weighted by molar-refractivity contribution is 0.509. The van der Waals surface area contributed by atoms with E-state index in [1.54, 1.807) is 6.08 Å². The number of imidazole rings is 1. The Balaban J connectivity index is 3.40. The van der Waals surface area contributed by atoms with Crippen molar-refractivity contribution in [1.82, 2.24) is 13.3 Å². The van der Waals surface area contributed by atoms with Gasteiger partial charge in [0.15, 0.2) is 0 Å². The minimum Gasteiger partial charge on any atom is -0.236 e. The van der Waals surface area contributed by atoms with Crippen LogP contribution in [0.4, 0.5) is 0 Å². The third-order valence-corrected chi connectivity index (χ3v) is 3.84. The van der Waals surface area contributed by atoms with Gasteiger partial charge in [-0.15, -0.1) is 6.58 Å². The molecular weight excluding hydrogens is 226 g/mol. The molecule has 0 saturated heterocycles. The molecule has 0 radical (unpaired) electrons. The Bertz CT molecular complexity index is 500. The molecule has 0 aliphatic rings. The number of nitrogens with zero attached hydrogens (tertiary/aromatic N) is 3. The quantitative estimate of drug-likeness (QED) is 0.720. The molecule has 1 rings (SSSR count). The molecule has 0 aromatic carbocycles. The fraction of sp³-hybridized carbons (Fsp3) is 0.300. The van der Waals surface area contributed by atoms with Crippen LogP contribution in [0.25, 0.3) is 6.08 Å². The second-order valence-corrected chi connectivity index (χ2v) is 5.38. The van der Waals surface area contributed by atoms with Gasteiger partial charge in [0.2, 0.25) is 0 Å². The summed E-state index contributed by atoms with van der Waals surface area (Å²) in [6.45, 7) is 7.19. The molecular formula is C10H15N3O2S. The molecule has 1 aromatic heterocycles. The SMILES string of the molecule is C=CCc1c(C=C)ncn1S(=O)(=O)N(C)C. The summed E-state index contributed by atoms with van der Waals surface area (Å²) in [4.78, 5) is 3.99. The van der Waals surface area contributed by atoms with E-state index >= 15 is 0 Å². The van der Waals surface area contributed by atoms with E-state index in [2.05, 4.69) is 18.1 Å². The molecule has 0 N–H and O–H groups in total. The van der Waals surface area contributed by atoms with Gasteiger partial charge in [-0.05, 0) is 6.08 Å². The van der Waals surface area contributed by atoms with Crippen molar-refractivity contribution in [3.8, 4) is 0 Å². The number of hydrogen-bond donors (Lipinski definition) is 0. The molecule has 88 valence electrons. The highest BCUT2D eigenvalue weighted by Crippen LogP contribution is 2.14. The van der Waals surface area contributed by atoms with Crippen LogP contribution in [0.5, 0.6) is 0 Å². The third kappa shape index (κ3) is 2.07. The van der Waals surface area contributed by atoms with E-state index in [1.807, 2.05) is 0 Å². The van der Waals surface area contributed by atoms with Crippen molar-refractivity contribution in [3.63, 3.8) is 0 Å². The Morgan fingerprint density at radius 2 is 2.12 bits per heavy atom. The Morgan fingerprint density at radius 1 is 1.50 bits per heavy atom. The van der Waals surface area contributed by atoms with E-state index in [9.17, 15) is 8.42 Å². The zero-order valence-corrected chi connectivity index (χ0v) is 10.2. The first-order chi connectivity index (χ1) is 7.45. The zero-order valence-electron chi connectivity index (χ0n) is 9.42. The first kappa shape index (κ1) is 12.7. The lowest BCUT2D eigenvalue weighted by Gasteiger charge is -2.14. The van der Waals surface area contributed by atoms with E-state index < -0.39 is 10.2 Å². The number of rotatable bonds is 5. The predicted octanol–water partition coefficient (Wildman–Crippen LogP) is 0.909. The van der Waals surface area contributed by atoms with Crippen LogP contribution in [0.2, 0.25) is 0 Å². The van der Waals surface area contributed by atoms with Gasteiger partial charge in [0.05, 0.1) is 11.4 Å². The number of aromatic nitrogens is 2. The van der Waals surface area contributed by atoms with Crippen molar-refractivity contribution in [2.24, 2.45) is 0 Å². The molecule has 0 bridgehead atoms. The van der Waals surface area contributed by atoms with Crippen LogP contribution in [0.1, 0.15) is 11.4 Å². The van der Waals surface area contributed by atoms with Crippen LogP contribution in [-0.4, -0.2) is 35.8 Å². The minimum absolute atomic E-state index is 0.425. The summed E-state index contributed by atoms with van der Waals surface area (Å²) in [6.07, 6.45) is 4.87. The van der Waals surface area contributed by atoms with Gasteiger partial charge in [-0.2, -0.15) is 12.7 Å². The van der Waals surface area contributed by atoms with Gasteiger partial charge >= 0.3 is 10.2 Å². The Morgan fingerprint density at radius 3 is 2.56 bits per heavy atom. The van der Waals surface area contributed by atoms with Gasteiger partial charge in [-0.1, -0.05) is 12.7 Å². The highest BCUT2D eigenvalue weighted by atomic mass is 32.2.